The first kappa shape index (κ1) is 14.7. The molecule has 0 amide bonds. The van der Waals surface area contributed by atoms with Gasteiger partial charge < -0.3 is 9.47 Å². The molecule has 0 saturated heterocycles. The van der Waals surface area contributed by atoms with Crippen LogP contribution in [-0.4, -0.2) is 21.5 Å². The van der Waals surface area contributed by atoms with E-state index in [1.807, 2.05) is 24.3 Å². The Balaban J connectivity index is 1.94. The van der Waals surface area contributed by atoms with E-state index < -0.39 is 4.92 Å². The molecule has 0 unspecified atom stereocenters. The summed E-state index contributed by atoms with van der Waals surface area (Å²) in [6.45, 7) is 0.0550. The van der Waals surface area contributed by atoms with Crippen molar-refractivity contribution in [3.05, 3.63) is 63.2 Å². The molecule has 120 valence electrons. The van der Waals surface area contributed by atoms with Crippen LogP contribution in [0, 0.1) is 10.1 Å². The second-order valence-corrected chi connectivity index (χ2v) is 5.91. The molecule has 8 heteroatoms. The summed E-state index contributed by atoms with van der Waals surface area (Å²) in [5.74, 6) is 0.855. The van der Waals surface area contributed by atoms with Gasteiger partial charge in [-0.15, -0.1) is 0 Å². The van der Waals surface area contributed by atoms with Gasteiger partial charge in [0.2, 0.25) is 6.79 Å². The molecule has 0 aliphatic carbocycles. The monoisotopic (exact) mass is 387 g/mol. The van der Waals surface area contributed by atoms with Crippen molar-refractivity contribution in [1.82, 2.24) is 9.78 Å². The predicted molar refractivity (Wildman–Crippen MR) is 89.5 cm³/mol. The van der Waals surface area contributed by atoms with Crippen molar-refractivity contribution in [3.63, 3.8) is 0 Å². The van der Waals surface area contributed by atoms with Gasteiger partial charge in [0, 0.05) is 10.5 Å². The van der Waals surface area contributed by atoms with E-state index in [0.717, 1.165) is 10.2 Å². The fraction of sp³-hybridized carbons (Fsp3) is 0.0625. The lowest BCUT2D eigenvalue weighted by Gasteiger charge is -2.10. The van der Waals surface area contributed by atoms with Crippen molar-refractivity contribution in [2.75, 3.05) is 6.79 Å². The Kier molecular flexibility index (Phi) is 3.46. The summed E-state index contributed by atoms with van der Waals surface area (Å²) >= 11 is 3.48. The Morgan fingerprint density at radius 1 is 1.17 bits per heavy atom. The number of rotatable bonds is 3. The normalized spacial score (nSPS) is 12.4. The maximum absolute atomic E-state index is 11.5. The van der Waals surface area contributed by atoms with Gasteiger partial charge in [0.05, 0.1) is 34.1 Å². The van der Waals surface area contributed by atoms with Gasteiger partial charge in [-0.3, -0.25) is 10.1 Å². The molecule has 1 aliphatic heterocycles. The lowest BCUT2D eigenvalue weighted by molar-refractivity contribution is -0.384. The van der Waals surface area contributed by atoms with Crippen molar-refractivity contribution in [3.8, 4) is 28.4 Å². The molecule has 0 spiro atoms. The highest BCUT2D eigenvalue weighted by atomic mass is 79.9. The minimum atomic E-state index is -0.436. The standard InChI is InChI=1S/C16H10BrN3O4/c17-11-3-1-2-4-13(11)19-12(5-6-18-19)10-7-15-16(24-9-23-15)8-14(10)20(21)22/h1-8H,9H2. The molecule has 0 fully saturated rings. The average Bonchev–Trinajstić information content (AvgIpc) is 3.22. The Hall–Kier alpha value is -2.87. The number of hydrogen-bond acceptors (Lipinski definition) is 5. The molecular weight excluding hydrogens is 378 g/mol. The minimum absolute atomic E-state index is 0.0550. The molecular formula is C16H10BrN3O4. The third kappa shape index (κ3) is 2.31. The van der Waals surface area contributed by atoms with E-state index in [4.69, 9.17) is 9.47 Å². The molecule has 0 atom stereocenters. The quantitative estimate of drug-likeness (QED) is 0.502. The van der Waals surface area contributed by atoms with Gasteiger partial charge >= 0.3 is 0 Å². The first-order valence-corrected chi connectivity index (χ1v) is 7.82. The van der Waals surface area contributed by atoms with Crippen molar-refractivity contribution >= 4 is 21.6 Å². The Bertz CT molecular complexity index is 954. The van der Waals surface area contributed by atoms with E-state index in [0.29, 0.717) is 22.8 Å². The molecule has 4 rings (SSSR count). The number of nitrogens with zero attached hydrogens (tertiary/aromatic N) is 3. The number of fused-ring (bicyclic) bond motifs is 1. The summed E-state index contributed by atoms with van der Waals surface area (Å²) in [5.41, 5.74) is 1.72. The maximum atomic E-state index is 11.5. The third-order valence-electron chi connectivity index (χ3n) is 3.69. The molecule has 24 heavy (non-hydrogen) atoms. The zero-order valence-corrected chi connectivity index (χ0v) is 13.8. The second kappa shape index (κ2) is 5.64. The highest BCUT2D eigenvalue weighted by Crippen LogP contribution is 2.42. The van der Waals surface area contributed by atoms with Crippen LogP contribution in [0.1, 0.15) is 0 Å². The highest BCUT2D eigenvalue weighted by Gasteiger charge is 2.26. The van der Waals surface area contributed by atoms with E-state index in [2.05, 4.69) is 21.0 Å². The number of benzene rings is 2. The van der Waals surface area contributed by atoms with Crippen LogP contribution in [0.4, 0.5) is 5.69 Å². The summed E-state index contributed by atoms with van der Waals surface area (Å²) in [6, 6.07) is 12.2. The first-order chi connectivity index (χ1) is 11.6. The summed E-state index contributed by atoms with van der Waals surface area (Å²) in [7, 11) is 0. The van der Waals surface area contributed by atoms with E-state index in [1.54, 1.807) is 23.0 Å². The molecule has 1 aromatic heterocycles. The Morgan fingerprint density at radius 2 is 1.92 bits per heavy atom. The zero-order chi connectivity index (χ0) is 16.7. The Labute approximate surface area is 144 Å². The van der Waals surface area contributed by atoms with Crippen LogP contribution in [0.2, 0.25) is 0 Å². The van der Waals surface area contributed by atoms with Crippen molar-refractivity contribution < 1.29 is 14.4 Å². The fourth-order valence-electron chi connectivity index (χ4n) is 2.61. The number of para-hydroxylation sites is 1. The van der Waals surface area contributed by atoms with Gasteiger partial charge in [-0.05, 0) is 34.1 Å². The molecule has 0 radical (unpaired) electrons. The van der Waals surface area contributed by atoms with Gasteiger partial charge in [0.15, 0.2) is 11.5 Å². The smallest absolute Gasteiger partial charge is 0.282 e. The van der Waals surface area contributed by atoms with Gasteiger partial charge in [0.25, 0.3) is 5.69 Å². The van der Waals surface area contributed by atoms with Crippen molar-refractivity contribution in [1.29, 1.82) is 0 Å². The highest BCUT2D eigenvalue weighted by molar-refractivity contribution is 9.10. The molecule has 3 aromatic rings. The number of halogens is 1. The topological polar surface area (TPSA) is 79.4 Å². The SMILES string of the molecule is O=[N+]([O-])c1cc2c(cc1-c1ccnn1-c1ccccc1Br)OCO2. The van der Waals surface area contributed by atoms with Crippen molar-refractivity contribution in [2.45, 2.75) is 0 Å². The minimum Gasteiger partial charge on any atom is -0.454 e. The van der Waals surface area contributed by atoms with Crippen LogP contribution in [0.5, 0.6) is 11.5 Å². The Morgan fingerprint density at radius 3 is 2.67 bits per heavy atom. The van der Waals surface area contributed by atoms with E-state index in [-0.39, 0.29) is 12.5 Å². The first-order valence-electron chi connectivity index (χ1n) is 7.02. The molecule has 2 heterocycles. The lowest BCUT2D eigenvalue weighted by Crippen LogP contribution is -2.01. The number of nitro groups is 1. The molecule has 1 aliphatic rings. The largest absolute Gasteiger partial charge is 0.454 e. The summed E-state index contributed by atoms with van der Waals surface area (Å²) in [6.07, 6.45) is 1.60. The van der Waals surface area contributed by atoms with Crippen LogP contribution >= 0.6 is 15.9 Å². The lowest BCUT2D eigenvalue weighted by atomic mass is 10.1. The van der Waals surface area contributed by atoms with Gasteiger partial charge in [-0.25, -0.2) is 4.68 Å². The van der Waals surface area contributed by atoms with Crippen LogP contribution in [0.15, 0.2) is 53.1 Å². The molecule has 0 N–H and O–H groups in total. The third-order valence-corrected chi connectivity index (χ3v) is 4.36. The number of nitro benzene ring substituents is 1. The summed E-state index contributed by atoms with van der Waals surface area (Å²) in [5, 5.41) is 15.8. The molecule has 7 nitrogen and oxygen atoms in total. The number of aromatic nitrogens is 2. The average molecular weight is 388 g/mol. The predicted octanol–water partition coefficient (Wildman–Crippen LogP) is 3.94. The number of ether oxygens (including phenoxy) is 2. The summed E-state index contributed by atoms with van der Waals surface area (Å²) < 4.78 is 13.1. The van der Waals surface area contributed by atoms with Crippen LogP contribution in [-0.2, 0) is 0 Å². The summed E-state index contributed by atoms with van der Waals surface area (Å²) in [4.78, 5) is 11.1. The van der Waals surface area contributed by atoms with Crippen LogP contribution in [0.3, 0.4) is 0 Å². The van der Waals surface area contributed by atoms with Gasteiger partial charge in [-0.2, -0.15) is 5.10 Å². The van der Waals surface area contributed by atoms with Crippen LogP contribution < -0.4 is 9.47 Å². The van der Waals surface area contributed by atoms with Gasteiger partial charge in [-0.1, -0.05) is 12.1 Å². The van der Waals surface area contributed by atoms with Gasteiger partial charge in [0.1, 0.15) is 0 Å². The van der Waals surface area contributed by atoms with E-state index in [9.17, 15) is 10.1 Å². The maximum Gasteiger partial charge on any atom is 0.282 e. The fourth-order valence-corrected chi connectivity index (χ4v) is 3.06. The van der Waals surface area contributed by atoms with E-state index >= 15 is 0 Å². The van der Waals surface area contributed by atoms with Crippen LogP contribution in [0.25, 0.3) is 16.9 Å². The molecule has 0 bridgehead atoms. The van der Waals surface area contributed by atoms with Crippen molar-refractivity contribution in [2.24, 2.45) is 0 Å². The van der Waals surface area contributed by atoms with E-state index in [1.165, 1.54) is 6.07 Å². The zero-order valence-electron chi connectivity index (χ0n) is 12.2. The number of hydrogen-bond donors (Lipinski definition) is 0. The molecule has 2 aromatic carbocycles. The molecule has 0 saturated carbocycles. The second-order valence-electron chi connectivity index (χ2n) is 5.06.